The Kier molecular flexibility index (Phi) is 4.53. The second-order valence-electron chi connectivity index (χ2n) is 5.96. The van der Waals surface area contributed by atoms with Crippen LogP contribution in [0, 0.1) is 0 Å². The summed E-state index contributed by atoms with van der Waals surface area (Å²) in [6.07, 6.45) is -6.39. The number of morpholine rings is 1. The van der Waals surface area contributed by atoms with E-state index in [9.17, 15) is 22.8 Å². The molecule has 0 radical (unpaired) electrons. The predicted octanol–water partition coefficient (Wildman–Crippen LogP) is 2.38. The molecule has 26 heavy (non-hydrogen) atoms. The summed E-state index contributed by atoms with van der Waals surface area (Å²) in [5.74, 6) is -2.03. The SMILES string of the molecule is C[C@@H]1CN(C(=O)c2cc3ccc(OC(F)(F)F)cc3[nH]2)CC(C(=O)O)O1. The van der Waals surface area contributed by atoms with E-state index in [-0.39, 0.29) is 18.8 Å². The lowest BCUT2D eigenvalue weighted by atomic mass is 10.2. The molecule has 2 N–H and O–H groups in total. The molecule has 0 spiro atoms. The van der Waals surface area contributed by atoms with Crippen LogP contribution in [0.25, 0.3) is 10.9 Å². The number of carbonyl (C=O) groups is 2. The van der Waals surface area contributed by atoms with Gasteiger partial charge in [-0.2, -0.15) is 0 Å². The van der Waals surface area contributed by atoms with Gasteiger partial charge < -0.3 is 24.5 Å². The number of aromatic amines is 1. The van der Waals surface area contributed by atoms with Gasteiger partial charge in [-0.3, -0.25) is 4.79 Å². The highest BCUT2D eigenvalue weighted by Gasteiger charge is 2.34. The molecule has 1 aromatic heterocycles. The first-order chi connectivity index (χ1) is 12.1. The van der Waals surface area contributed by atoms with Gasteiger partial charge in [-0.1, -0.05) is 0 Å². The number of carboxylic acid groups (broad SMARTS) is 1. The maximum atomic E-state index is 12.6. The standard InChI is InChI=1S/C16H15F3N2O5/c1-8-6-21(7-13(25-8)15(23)24)14(22)12-4-9-2-3-10(5-11(9)20-12)26-16(17,18)19/h2-5,8,13,20H,6-7H2,1H3,(H,23,24)/t8-,13?/m1/s1. The molecule has 140 valence electrons. The predicted molar refractivity (Wildman–Crippen MR) is 82.9 cm³/mol. The molecule has 1 amide bonds. The van der Waals surface area contributed by atoms with E-state index in [1.807, 2.05) is 0 Å². The zero-order valence-electron chi connectivity index (χ0n) is 13.5. The summed E-state index contributed by atoms with van der Waals surface area (Å²) in [4.78, 5) is 27.8. The molecule has 7 nitrogen and oxygen atoms in total. The third-order valence-corrected chi connectivity index (χ3v) is 3.88. The Balaban J connectivity index is 1.83. The van der Waals surface area contributed by atoms with Crippen LogP contribution >= 0.6 is 0 Å². The molecule has 0 aliphatic carbocycles. The van der Waals surface area contributed by atoms with Crippen LogP contribution in [-0.4, -0.2) is 58.5 Å². The largest absolute Gasteiger partial charge is 0.573 e. The van der Waals surface area contributed by atoms with Gasteiger partial charge in [0.25, 0.3) is 5.91 Å². The molecule has 1 aliphatic heterocycles. The highest BCUT2D eigenvalue weighted by Crippen LogP contribution is 2.27. The van der Waals surface area contributed by atoms with Crippen LogP contribution in [0.15, 0.2) is 24.3 Å². The lowest BCUT2D eigenvalue weighted by Crippen LogP contribution is -2.51. The second kappa shape index (κ2) is 6.52. The minimum atomic E-state index is -4.81. The number of nitrogens with zero attached hydrogens (tertiary/aromatic N) is 1. The summed E-state index contributed by atoms with van der Waals surface area (Å²) in [5, 5.41) is 9.61. The molecule has 3 rings (SSSR count). The van der Waals surface area contributed by atoms with Gasteiger partial charge in [-0.15, -0.1) is 13.2 Å². The molecule has 2 heterocycles. The maximum Gasteiger partial charge on any atom is 0.573 e. The highest BCUT2D eigenvalue weighted by molar-refractivity contribution is 5.98. The summed E-state index contributed by atoms with van der Waals surface area (Å²) in [7, 11) is 0. The minimum Gasteiger partial charge on any atom is -0.479 e. The molecule has 1 unspecified atom stereocenters. The number of aromatic nitrogens is 1. The van der Waals surface area contributed by atoms with Crippen LogP contribution in [0.5, 0.6) is 5.75 Å². The van der Waals surface area contributed by atoms with Crippen molar-refractivity contribution in [2.24, 2.45) is 0 Å². The third kappa shape index (κ3) is 3.90. The third-order valence-electron chi connectivity index (χ3n) is 3.88. The van der Waals surface area contributed by atoms with E-state index in [0.29, 0.717) is 10.9 Å². The van der Waals surface area contributed by atoms with E-state index >= 15 is 0 Å². The second-order valence-corrected chi connectivity index (χ2v) is 5.96. The number of ether oxygens (including phenoxy) is 2. The van der Waals surface area contributed by atoms with Crippen LogP contribution < -0.4 is 4.74 Å². The summed E-state index contributed by atoms with van der Waals surface area (Å²) >= 11 is 0. The van der Waals surface area contributed by atoms with Crippen molar-refractivity contribution in [3.8, 4) is 5.75 Å². The normalized spacial score (nSPS) is 21.0. The zero-order valence-corrected chi connectivity index (χ0v) is 13.5. The van der Waals surface area contributed by atoms with Crippen LogP contribution in [0.4, 0.5) is 13.2 Å². The van der Waals surface area contributed by atoms with Crippen molar-refractivity contribution < 1.29 is 37.3 Å². The first kappa shape index (κ1) is 18.1. The van der Waals surface area contributed by atoms with Gasteiger partial charge in [-0.05, 0) is 25.1 Å². The molecule has 1 fully saturated rings. The van der Waals surface area contributed by atoms with Crippen LogP contribution in [-0.2, 0) is 9.53 Å². The van der Waals surface area contributed by atoms with Crippen molar-refractivity contribution in [3.05, 3.63) is 30.0 Å². The van der Waals surface area contributed by atoms with Crippen LogP contribution in [0.1, 0.15) is 17.4 Å². The lowest BCUT2D eigenvalue weighted by Gasteiger charge is -2.34. The highest BCUT2D eigenvalue weighted by atomic mass is 19.4. The van der Waals surface area contributed by atoms with E-state index in [2.05, 4.69) is 9.72 Å². The number of carbonyl (C=O) groups excluding carboxylic acids is 1. The number of halogens is 3. The fourth-order valence-corrected chi connectivity index (χ4v) is 2.84. The minimum absolute atomic E-state index is 0.115. The number of H-pyrrole nitrogens is 1. The van der Waals surface area contributed by atoms with Crippen molar-refractivity contribution in [2.45, 2.75) is 25.5 Å². The van der Waals surface area contributed by atoms with Gasteiger partial charge in [0.05, 0.1) is 12.6 Å². The smallest absolute Gasteiger partial charge is 0.479 e. The number of hydrogen-bond donors (Lipinski definition) is 2. The van der Waals surface area contributed by atoms with Crippen molar-refractivity contribution in [3.63, 3.8) is 0 Å². The molecule has 1 aliphatic rings. The number of alkyl halides is 3. The molecule has 10 heteroatoms. The van der Waals surface area contributed by atoms with Gasteiger partial charge in [0.2, 0.25) is 0 Å². The monoisotopic (exact) mass is 372 g/mol. The van der Waals surface area contributed by atoms with Crippen molar-refractivity contribution in [1.82, 2.24) is 9.88 Å². The summed E-state index contributed by atoms with van der Waals surface area (Å²) < 4.78 is 46.0. The first-order valence-corrected chi connectivity index (χ1v) is 7.68. The number of fused-ring (bicyclic) bond motifs is 1. The van der Waals surface area contributed by atoms with Gasteiger partial charge in [0, 0.05) is 23.5 Å². The fraction of sp³-hybridized carbons (Fsp3) is 0.375. The molecule has 0 saturated carbocycles. The Bertz CT molecular complexity index is 848. The number of nitrogens with one attached hydrogen (secondary N) is 1. The van der Waals surface area contributed by atoms with E-state index in [0.717, 1.165) is 12.1 Å². The number of aliphatic carboxylic acids is 1. The van der Waals surface area contributed by atoms with Crippen LogP contribution in [0.3, 0.4) is 0 Å². The number of amides is 1. The molecule has 2 atom stereocenters. The van der Waals surface area contributed by atoms with E-state index in [1.54, 1.807) is 6.92 Å². The number of benzene rings is 1. The van der Waals surface area contributed by atoms with E-state index < -0.39 is 36.2 Å². The van der Waals surface area contributed by atoms with Gasteiger partial charge >= 0.3 is 12.3 Å². The van der Waals surface area contributed by atoms with Gasteiger partial charge in [0.1, 0.15) is 11.4 Å². The van der Waals surface area contributed by atoms with Gasteiger partial charge in [-0.25, -0.2) is 4.79 Å². The summed E-state index contributed by atoms with van der Waals surface area (Å²) in [6.45, 7) is 1.75. The molecule has 0 bridgehead atoms. The number of carboxylic acids is 1. The molecular weight excluding hydrogens is 357 g/mol. The maximum absolute atomic E-state index is 12.6. The Labute approximate surface area is 145 Å². The Morgan fingerprint density at radius 1 is 1.31 bits per heavy atom. The Morgan fingerprint density at radius 3 is 2.69 bits per heavy atom. The van der Waals surface area contributed by atoms with Gasteiger partial charge in [0.15, 0.2) is 6.10 Å². The fourth-order valence-electron chi connectivity index (χ4n) is 2.84. The Hall–Kier alpha value is -2.75. The molecule has 1 aromatic carbocycles. The zero-order chi connectivity index (χ0) is 19.1. The molecule has 2 aromatic rings. The summed E-state index contributed by atoms with van der Waals surface area (Å²) in [6, 6.07) is 5.17. The number of hydrogen-bond acceptors (Lipinski definition) is 4. The Morgan fingerprint density at radius 2 is 2.04 bits per heavy atom. The molecule has 1 saturated heterocycles. The van der Waals surface area contributed by atoms with E-state index in [4.69, 9.17) is 9.84 Å². The average molecular weight is 372 g/mol. The molecular formula is C16H15F3N2O5. The van der Waals surface area contributed by atoms with E-state index in [1.165, 1.54) is 17.0 Å². The lowest BCUT2D eigenvalue weighted by molar-refractivity contribution is -0.274. The quantitative estimate of drug-likeness (QED) is 0.863. The number of rotatable bonds is 3. The topological polar surface area (TPSA) is 91.9 Å². The van der Waals surface area contributed by atoms with Crippen LogP contribution in [0.2, 0.25) is 0 Å². The summed E-state index contributed by atoms with van der Waals surface area (Å²) in [5.41, 5.74) is 0.439. The average Bonchev–Trinajstić information content (AvgIpc) is 2.95. The van der Waals surface area contributed by atoms with Crippen molar-refractivity contribution >= 4 is 22.8 Å². The van der Waals surface area contributed by atoms with Crippen molar-refractivity contribution in [1.29, 1.82) is 0 Å². The first-order valence-electron chi connectivity index (χ1n) is 7.68. The van der Waals surface area contributed by atoms with Crippen molar-refractivity contribution in [2.75, 3.05) is 13.1 Å².